The standard InChI is InChI=1S/C14H21N3OS/c1-2-7-15-11-5-6-13(16-9-11)14(18)17-12-4-3-8-19-10-12/h5-6,9,12,15H,2-4,7-8,10H2,1H3,(H,17,18). The van der Waals surface area contributed by atoms with Crippen molar-refractivity contribution in [2.24, 2.45) is 0 Å². The Morgan fingerprint density at radius 2 is 2.42 bits per heavy atom. The van der Waals surface area contributed by atoms with Gasteiger partial charge in [-0.3, -0.25) is 4.79 Å². The number of rotatable bonds is 5. The van der Waals surface area contributed by atoms with Gasteiger partial charge in [0.25, 0.3) is 5.91 Å². The minimum absolute atomic E-state index is 0.0606. The number of thioether (sulfide) groups is 1. The maximum atomic E-state index is 12.0. The molecule has 1 saturated heterocycles. The highest BCUT2D eigenvalue weighted by atomic mass is 32.2. The van der Waals surface area contributed by atoms with Gasteiger partial charge >= 0.3 is 0 Å². The zero-order valence-corrected chi connectivity index (χ0v) is 12.1. The van der Waals surface area contributed by atoms with E-state index in [1.165, 1.54) is 12.2 Å². The van der Waals surface area contributed by atoms with Crippen LogP contribution in [0.4, 0.5) is 5.69 Å². The predicted octanol–water partition coefficient (Wildman–Crippen LogP) is 2.53. The van der Waals surface area contributed by atoms with Crippen molar-refractivity contribution >= 4 is 23.4 Å². The second-order valence-electron chi connectivity index (χ2n) is 4.75. The highest BCUT2D eigenvalue weighted by Crippen LogP contribution is 2.17. The van der Waals surface area contributed by atoms with E-state index in [4.69, 9.17) is 0 Å². The third-order valence-electron chi connectivity index (χ3n) is 3.07. The van der Waals surface area contributed by atoms with Crippen molar-refractivity contribution in [2.45, 2.75) is 32.2 Å². The highest BCUT2D eigenvalue weighted by molar-refractivity contribution is 7.99. The number of hydrogen-bond acceptors (Lipinski definition) is 4. The Kier molecular flexibility index (Phi) is 5.51. The molecule has 5 heteroatoms. The fraction of sp³-hybridized carbons (Fsp3) is 0.571. The Balaban J connectivity index is 1.87. The Morgan fingerprint density at radius 3 is 3.05 bits per heavy atom. The quantitative estimate of drug-likeness (QED) is 0.869. The minimum Gasteiger partial charge on any atom is -0.384 e. The van der Waals surface area contributed by atoms with Gasteiger partial charge in [0.15, 0.2) is 0 Å². The third kappa shape index (κ3) is 4.42. The molecule has 19 heavy (non-hydrogen) atoms. The van der Waals surface area contributed by atoms with Gasteiger partial charge in [0.05, 0.1) is 11.9 Å². The molecule has 1 aliphatic heterocycles. The van der Waals surface area contributed by atoms with E-state index in [9.17, 15) is 4.79 Å². The topological polar surface area (TPSA) is 54.0 Å². The Morgan fingerprint density at radius 1 is 1.53 bits per heavy atom. The summed E-state index contributed by atoms with van der Waals surface area (Å²) in [5.41, 5.74) is 1.46. The lowest BCUT2D eigenvalue weighted by Crippen LogP contribution is -2.38. The minimum atomic E-state index is -0.0606. The maximum absolute atomic E-state index is 12.0. The molecule has 0 aromatic carbocycles. The molecule has 1 amide bonds. The average Bonchev–Trinajstić information content (AvgIpc) is 2.46. The van der Waals surface area contributed by atoms with E-state index >= 15 is 0 Å². The molecule has 0 saturated carbocycles. The first-order valence-electron chi connectivity index (χ1n) is 6.88. The molecule has 0 radical (unpaired) electrons. The summed E-state index contributed by atoms with van der Waals surface area (Å²) >= 11 is 1.91. The molecule has 2 heterocycles. The second kappa shape index (κ2) is 7.38. The first-order valence-corrected chi connectivity index (χ1v) is 8.03. The first-order chi connectivity index (χ1) is 9.29. The van der Waals surface area contributed by atoms with Gasteiger partial charge in [0, 0.05) is 18.3 Å². The Labute approximate surface area is 118 Å². The van der Waals surface area contributed by atoms with Crippen molar-refractivity contribution < 1.29 is 4.79 Å². The van der Waals surface area contributed by atoms with Crippen molar-refractivity contribution in [3.05, 3.63) is 24.0 Å². The van der Waals surface area contributed by atoms with Crippen molar-refractivity contribution in [1.29, 1.82) is 0 Å². The number of carbonyl (C=O) groups excluding carboxylic acids is 1. The van der Waals surface area contributed by atoms with Crippen molar-refractivity contribution in [3.63, 3.8) is 0 Å². The van der Waals surface area contributed by atoms with Gasteiger partial charge in [-0.25, -0.2) is 4.98 Å². The molecule has 1 aromatic rings. The van der Waals surface area contributed by atoms with E-state index in [0.717, 1.165) is 30.8 Å². The van der Waals surface area contributed by atoms with Crippen LogP contribution in [-0.4, -0.2) is 35.0 Å². The molecular weight excluding hydrogens is 258 g/mol. The summed E-state index contributed by atoms with van der Waals surface area (Å²) in [6.45, 7) is 3.04. The van der Waals surface area contributed by atoms with Crippen LogP contribution in [0, 0.1) is 0 Å². The molecule has 1 atom stereocenters. The van der Waals surface area contributed by atoms with E-state index < -0.39 is 0 Å². The number of anilines is 1. The fourth-order valence-corrected chi connectivity index (χ4v) is 3.09. The average molecular weight is 279 g/mol. The lowest BCUT2D eigenvalue weighted by molar-refractivity contribution is 0.0933. The zero-order chi connectivity index (χ0) is 13.5. The van der Waals surface area contributed by atoms with Crippen LogP contribution >= 0.6 is 11.8 Å². The van der Waals surface area contributed by atoms with Gasteiger partial charge in [-0.1, -0.05) is 6.92 Å². The van der Waals surface area contributed by atoms with Crippen LogP contribution in [0.25, 0.3) is 0 Å². The van der Waals surface area contributed by atoms with E-state index in [-0.39, 0.29) is 5.91 Å². The van der Waals surface area contributed by atoms with Crippen LogP contribution in [0.1, 0.15) is 36.7 Å². The lowest BCUT2D eigenvalue weighted by atomic mass is 10.2. The molecule has 2 N–H and O–H groups in total. The molecule has 1 aromatic heterocycles. The van der Waals surface area contributed by atoms with Crippen LogP contribution < -0.4 is 10.6 Å². The maximum Gasteiger partial charge on any atom is 0.270 e. The number of nitrogens with zero attached hydrogens (tertiary/aromatic N) is 1. The van der Waals surface area contributed by atoms with E-state index in [2.05, 4.69) is 22.5 Å². The third-order valence-corrected chi connectivity index (χ3v) is 4.29. The fourth-order valence-electron chi connectivity index (χ4n) is 2.02. The Bertz CT molecular complexity index is 402. The summed E-state index contributed by atoms with van der Waals surface area (Å²) in [5.74, 6) is 2.17. The molecule has 1 aliphatic rings. The molecule has 4 nitrogen and oxygen atoms in total. The van der Waals surface area contributed by atoms with Gasteiger partial charge in [-0.2, -0.15) is 11.8 Å². The SMILES string of the molecule is CCCNc1ccc(C(=O)NC2CCCSC2)nc1. The predicted molar refractivity (Wildman–Crippen MR) is 80.8 cm³/mol. The summed E-state index contributed by atoms with van der Waals surface area (Å²) in [5, 5.41) is 6.30. The normalized spacial score (nSPS) is 18.9. The number of carbonyl (C=O) groups is 1. The number of nitrogens with one attached hydrogen (secondary N) is 2. The summed E-state index contributed by atoms with van der Waals surface area (Å²) in [4.78, 5) is 16.3. The van der Waals surface area contributed by atoms with Crippen molar-refractivity contribution in [1.82, 2.24) is 10.3 Å². The monoisotopic (exact) mass is 279 g/mol. The number of hydrogen-bond donors (Lipinski definition) is 2. The molecule has 1 unspecified atom stereocenters. The van der Waals surface area contributed by atoms with Crippen LogP contribution in [0.2, 0.25) is 0 Å². The van der Waals surface area contributed by atoms with Gasteiger partial charge < -0.3 is 10.6 Å². The van der Waals surface area contributed by atoms with E-state index in [1.54, 1.807) is 12.3 Å². The van der Waals surface area contributed by atoms with Crippen molar-refractivity contribution in [2.75, 3.05) is 23.4 Å². The molecule has 0 spiro atoms. The number of amides is 1. The summed E-state index contributed by atoms with van der Waals surface area (Å²) in [6.07, 6.45) is 5.06. The van der Waals surface area contributed by atoms with Gasteiger partial charge in [0.1, 0.15) is 5.69 Å². The largest absolute Gasteiger partial charge is 0.384 e. The summed E-state index contributed by atoms with van der Waals surface area (Å²) < 4.78 is 0. The van der Waals surface area contributed by atoms with Crippen LogP contribution in [0.3, 0.4) is 0 Å². The van der Waals surface area contributed by atoms with Gasteiger partial charge in [-0.15, -0.1) is 0 Å². The van der Waals surface area contributed by atoms with Crippen molar-refractivity contribution in [3.8, 4) is 0 Å². The molecule has 2 rings (SSSR count). The number of pyridine rings is 1. The summed E-state index contributed by atoms with van der Waals surface area (Å²) in [7, 11) is 0. The highest BCUT2D eigenvalue weighted by Gasteiger charge is 2.17. The van der Waals surface area contributed by atoms with Crippen LogP contribution in [0.15, 0.2) is 18.3 Å². The molecule has 104 valence electrons. The second-order valence-corrected chi connectivity index (χ2v) is 5.90. The van der Waals surface area contributed by atoms with Crippen LogP contribution in [0.5, 0.6) is 0 Å². The smallest absolute Gasteiger partial charge is 0.270 e. The van der Waals surface area contributed by atoms with Crippen LogP contribution in [-0.2, 0) is 0 Å². The first kappa shape index (κ1) is 14.2. The zero-order valence-electron chi connectivity index (χ0n) is 11.3. The van der Waals surface area contributed by atoms with Gasteiger partial charge in [0.2, 0.25) is 0 Å². The van der Waals surface area contributed by atoms with E-state index in [0.29, 0.717) is 11.7 Å². The summed E-state index contributed by atoms with van der Waals surface area (Å²) in [6, 6.07) is 3.99. The lowest BCUT2D eigenvalue weighted by Gasteiger charge is -2.22. The van der Waals surface area contributed by atoms with E-state index in [1.807, 2.05) is 17.8 Å². The molecular formula is C14H21N3OS. The Hall–Kier alpha value is -1.23. The molecule has 0 bridgehead atoms. The molecule has 0 aliphatic carbocycles. The molecule has 1 fully saturated rings. The van der Waals surface area contributed by atoms with Gasteiger partial charge in [-0.05, 0) is 37.1 Å². The number of aromatic nitrogens is 1.